The van der Waals surface area contributed by atoms with Crippen LogP contribution in [-0.2, 0) is 21.4 Å². The zero-order valence-electron chi connectivity index (χ0n) is 17.3. The fraction of sp³-hybridized carbons (Fsp3) is 0.190. The van der Waals surface area contributed by atoms with E-state index in [4.69, 9.17) is 4.42 Å². The molecule has 0 unspecified atom stereocenters. The van der Waals surface area contributed by atoms with Gasteiger partial charge in [0, 0.05) is 12.6 Å². The fourth-order valence-electron chi connectivity index (χ4n) is 2.88. The number of nitrogens with one attached hydrogen (secondary N) is 3. The van der Waals surface area contributed by atoms with Crippen LogP contribution >= 0.6 is 0 Å². The first kappa shape index (κ1) is 23.9. The summed E-state index contributed by atoms with van der Waals surface area (Å²) in [6, 6.07) is 15.4. The van der Waals surface area contributed by atoms with Crippen LogP contribution in [0.3, 0.4) is 0 Å². The Balaban J connectivity index is 1.59. The Labute approximate surface area is 189 Å². The van der Waals surface area contributed by atoms with Crippen molar-refractivity contribution < 1.29 is 27.7 Å². The van der Waals surface area contributed by atoms with Gasteiger partial charge in [-0.2, -0.15) is 0 Å². The monoisotopic (exact) mass is 474 g/mol. The number of hydrogen-bond donors (Lipinski definition) is 4. The maximum Gasteiger partial charge on any atom is 0.293 e. The summed E-state index contributed by atoms with van der Waals surface area (Å²) in [6.45, 7) is -0.532. The lowest BCUT2D eigenvalue weighted by molar-refractivity contribution is -0.384. The zero-order chi connectivity index (χ0) is 23.8. The maximum absolute atomic E-state index is 12.5. The third-order valence-electron chi connectivity index (χ3n) is 4.61. The van der Waals surface area contributed by atoms with E-state index in [0.29, 0.717) is 11.3 Å². The number of carbonyl (C=O) groups is 1. The predicted molar refractivity (Wildman–Crippen MR) is 119 cm³/mol. The highest BCUT2D eigenvalue weighted by atomic mass is 32.2. The van der Waals surface area contributed by atoms with Gasteiger partial charge in [-0.3, -0.25) is 14.9 Å². The van der Waals surface area contributed by atoms with Crippen molar-refractivity contribution in [1.82, 2.24) is 10.0 Å². The van der Waals surface area contributed by atoms with Gasteiger partial charge in [0.1, 0.15) is 11.4 Å². The quantitative estimate of drug-likeness (QED) is 0.242. The molecule has 0 radical (unpaired) electrons. The largest absolute Gasteiger partial charge is 0.467 e. The van der Waals surface area contributed by atoms with Crippen molar-refractivity contribution in [3.05, 3.63) is 88.4 Å². The van der Waals surface area contributed by atoms with E-state index in [0.717, 1.165) is 6.07 Å². The van der Waals surface area contributed by atoms with Crippen molar-refractivity contribution in [2.24, 2.45) is 0 Å². The number of rotatable bonds is 11. The van der Waals surface area contributed by atoms with E-state index in [1.54, 1.807) is 42.5 Å². The number of hydrogen-bond acceptors (Lipinski definition) is 8. The number of nitro benzene ring substituents is 1. The SMILES string of the molecule is O=C(CNS(=O)(=O)c1ccc(NCc2ccco2)c([N+](=O)[O-])c1)NC[C@@H](O)c1ccccc1. The minimum Gasteiger partial charge on any atom is -0.467 e. The van der Waals surface area contributed by atoms with E-state index < -0.39 is 39.2 Å². The molecule has 0 aliphatic heterocycles. The molecule has 1 atom stereocenters. The Bertz CT molecular complexity index is 1200. The average Bonchev–Trinajstić information content (AvgIpc) is 3.34. The molecule has 174 valence electrons. The molecular weight excluding hydrogens is 452 g/mol. The zero-order valence-corrected chi connectivity index (χ0v) is 18.1. The molecule has 0 saturated carbocycles. The Kier molecular flexibility index (Phi) is 7.77. The minimum absolute atomic E-state index is 0.105. The van der Waals surface area contributed by atoms with Crippen LogP contribution in [0.25, 0.3) is 0 Å². The van der Waals surface area contributed by atoms with Gasteiger partial charge in [0.15, 0.2) is 0 Å². The molecule has 0 saturated heterocycles. The normalized spacial score (nSPS) is 12.2. The molecule has 33 heavy (non-hydrogen) atoms. The molecule has 12 heteroatoms. The third kappa shape index (κ3) is 6.62. The standard InChI is InChI=1S/C21H22N4O7S/c26-20(15-5-2-1-3-6-15)13-23-21(27)14-24-33(30,31)17-8-9-18(19(11-17)25(28)29)22-12-16-7-4-10-32-16/h1-11,20,22,24,26H,12-14H2,(H,23,27)/t20-/m1/s1. The van der Waals surface area contributed by atoms with Crippen LogP contribution in [0.2, 0.25) is 0 Å². The van der Waals surface area contributed by atoms with E-state index in [2.05, 4.69) is 15.4 Å². The first-order chi connectivity index (χ1) is 15.8. The Hall–Kier alpha value is -3.74. The van der Waals surface area contributed by atoms with Gasteiger partial charge in [0.05, 0.1) is 35.3 Å². The molecule has 1 amide bonds. The van der Waals surface area contributed by atoms with Crippen molar-refractivity contribution in [3.8, 4) is 0 Å². The smallest absolute Gasteiger partial charge is 0.293 e. The van der Waals surface area contributed by atoms with Crippen LogP contribution in [0, 0.1) is 10.1 Å². The van der Waals surface area contributed by atoms with Crippen LogP contribution in [0.5, 0.6) is 0 Å². The summed E-state index contributed by atoms with van der Waals surface area (Å²) in [5.41, 5.74) is 0.272. The molecule has 0 aliphatic rings. The molecule has 1 heterocycles. The molecular formula is C21H22N4O7S. The van der Waals surface area contributed by atoms with Crippen LogP contribution < -0.4 is 15.4 Å². The highest BCUT2D eigenvalue weighted by Gasteiger charge is 2.22. The number of amides is 1. The van der Waals surface area contributed by atoms with Gasteiger partial charge in [0.2, 0.25) is 15.9 Å². The number of furan rings is 1. The molecule has 0 aliphatic carbocycles. The van der Waals surface area contributed by atoms with E-state index in [1.165, 1.54) is 18.4 Å². The van der Waals surface area contributed by atoms with E-state index in [1.807, 2.05) is 0 Å². The first-order valence-corrected chi connectivity index (χ1v) is 11.3. The second-order valence-corrected chi connectivity index (χ2v) is 8.69. The van der Waals surface area contributed by atoms with Gasteiger partial charge >= 0.3 is 0 Å². The Morgan fingerprint density at radius 1 is 1.12 bits per heavy atom. The summed E-state index contributed by atoms with van der Waals surface area (Å²) < 4.78 is 32.3. The van der Waals surface area contributed by atoms with Gasteiger partial charge < -0.3 is 20.2 Å². The van der Waals surface area contributed by atoms with Crippen LogP contribution in [-0.4, -0.2) is 37.4 Å². The van der Waals surface area contributed by atoms with Crippen molar-refractivity contribution in [1.29, 1.82) is 0 Å². The molecule has 3 aromatic rings. The van der Waals surface area contributed by atoms with Crippen molar-refractivity contribution in [2.75, 3.05) is 18.4 Å². The van der Waals surface area contributed by atoms with Gasteiger partial charge in [-0.25, -0.2) is 13.1 Å². The van der Waals surface area contributed by atoms with Crippen LogP contribution in [0.15, 0.2) is 76.2 Å². The molecule has 11 nitrogen and oxygen atoms in total. The predicted octanol–water partition coefficient (Wildman–Crippen LogP) is 1.93. The molecule has 2 aromatic carbocycles. The fourth-order valence-corrected chi connectivity index (χ4v) is 3.89. The summed E-state index contributed by atoms with van der Waals surface area (Å²) in [6.07, 6.45) is 0.515. The lowest BCUT2D eigenvalue weighted by Crippen LogP contribution is -2.38. The Morgan fingerprint density at radius 3 is 2.55 bits per heavy atom. The minimum atomic E-state index is -4.20. The number of carbonyl (C=O) groups excluding carboxylic acids is 1. The number of anilines is 1. The number of benzene rings is 2. The molecule has 3 rings (SSSR count). The number of sulfonamides is 1. The van der Waals surface area contributed by atoms with Crippen molar-refractivity contribution in [3.63, 3.8) is 0 Å². The summed E-state index contributed by atoms with van der Waals surface area (Å²) in [5.74, 6) is -0.120. The summed E-state index contributed by atoms with van der Waals surface area (Å²) in [5, 5.41) is 26.8. The third-order valence-corrected chi connectivity index (χ3v) is 6.01. The van der Waals surface area contributed by atoms with E-state index >= 15 is 0 Å². The van der Waals surface area contributed by atoms with Gasteiger partial charge in [-0.15, -0.1) is 0 Å². The van der Waals surface area contributed by atoms with E-state index in [-0.39, 0.29) is 23.7 Å². The summed E-state index contributed by atoms with van der Waals surface area (Å²) in [7, 11) is -4.20. The van der Waals surface area contributed by atoms with Crippen LogP contribution in [0.1, 0.15) is 17.4 Å². The van der Waals surface area contributed by atoms with Gasteiger partial charge in [0.25, 0.3) is 5.69 Å². The lowest BCUT2D eigenvalue weighted by Gasteiger charge is -2.13. The van der Waals surface area contributed by atoms with Gasteiger partial charge in [-0.05, 0) is 29.8 Å². The summed E-state index contributed by atoms with van der Waals surface area (Å²) in [4.78, 5) is 22.4. The van der Waals surface area contributed by atoms with Crippen molar-refractivity contribution in [2.45, 2.75) is 17.5 Å². The lowest BCUT2D eigenvalue weighted by atomic mass is 10.1. The summed E-state index contributed by atoms with van der Waals surface area (Å²) >= 11 is 0. The number of aliphatic hydroxyl groups is 1. The number of aliphatic hydroxyl groups excluding tert-OH is 1. The number of nitrogens with zero attached hydrogens (tertiary/aromatic N) is 1. The van der Waals surface area contributed by atoms with E-state index in [9.17, 15) is 28.4 Å². The molecule has 0 fully saturated rings. The molecule has 4 N–H and O–H groups in total. The highest BCUT2D eigenvalue weighted by Crippen LogP contribution is 2.28. The van der Waals surface area contributed by atoms with Crippen LogP contribution in [0.4, 0.5) is 11.4 Å². The topological polar surface area (TPSA) is 164 Å². The van der Waals surface area contributed by atoms with Crippen molar-refractivity contribution >= 4 is 27.3 Å². The Morgan fingerprint density at radius 2 is 1.88 bits per heavy atom. The first-order valence-electron chi connectivity index (χ1n) is 9.80. The number of nitro groups is 1. The molecule has 0 spiro atoms. The maximum atomic E-state index is 12.5. The van der Waals surface area contributed by atoms with Gasteiger partial charge in [-0.1, -0.05) is 30.3 Å². The molecule has 1 aromatic heterocycles. The molecule has 0 bridgehead atoms. The highest BCUT2D eigenvalue weighted by molar-refractivity contribution is 7.89. The second-order valence-electron chi connectivity index (χ2n) is 6.92. The second kappa shape index (κ2) is 10.7. The average molecular weight is 474 g/mol.